The summed E-state index contributed by atoms with van der Waals surface area (Å²) in [5, 5.41) is 10.8. The van der Waals surface area contributed by atoms with Crippen LogP contribution >= 0.6 is 0 Å². The van der Waals surface area contributed by atoms with Crippen molar-refractivity contribution < 1.29 is 19.4 Å². The summed E-state index contributed by atoms with van der Waals surface area (Å²) in [5.74, 6) is -0.797. The van der Waals surface area contributed by atoms with Crippen LogP contribution in [0, 0.1) is 0 Å². The lowest BCUT2D eigenvalue weighted by atomic mass is 9.95. The number of nitrogens with zero attached hydrogens (tertiary/aromatic N) is 2. The number of benzene rings is 3. The number of ether oxygens (including phenoxy) is 1. The van der Waals surface area contributed by atoms with Crippen LogP contribution in [0.4, 0.5) is 0 Å². The lowest BCUT2D eigenvalue weighted by Gasteiger charge is -2.27. The molecule has 37 heavy (non-hydrogen) atoms. The van der Waals surface area contributed by atoms with Crippen LogP contribution in [0.25, 0.3) is 6.08 Å². The first-order valence-corrected chi connectivity index (χ1v) is 12.4. The number of carbonyl (C=O) groups excluding carboxylic acids is 2. The number of ketones is 1. The molecule has 4 rings (SSSR count). The molecule has 0 aliphatic carbocycles. The number of allylic oxidation sites excluding steroid dienone is 1. The van der Waals surface area contributed by atoms with E-state index < -0.39 is 23.5 Å². The highest BCUT2D eigenvalue weighted by Gasteiger charge is 2.42. The number of amides is 1. The van der Waals surface area contributed by atoms with Gasteiger partial charge in [0.25, 0.3) is 5.91 Å². The summed E-state index contributed by atoms with van der Waals surface area (Å²) < 4.78 is 6.01. The summed E-state index contributed by atoms with van der Waals surface area (Å²) in [7, 11) is 3.94. The van der Waals surface area contributed by atoms with Crippen molar-refractivity contribution >= 4 is 17.8 Å². The Morgan fingerprint density at radius 1 is 1.00 bits per heavy atom. The Kier molecular flexibility index (Phi) is 8.54. The fourth-order valence-electron chi connectivity index (χ4n) is 4.38. The maximum atomic E-state index is 13.4. The second kappa shape index (κ2) is 12.2. The average Bonchev–Trinajstić information content (AvgIpc) is 3.17. The molecular weight excluding hydrogens is 464 g/mol. The first-order valence-electron chi connectivity index (χ1n) is 12.4. The van der Waals surface area contributed by atoms with Crippen molar-refractivity contribution in [3.63, 3.8) is 0 Å². The second-order valence-corrected chi connectivity index (χ2v) is 9.28. The van der Waals surface area contributed by atoms with Crippen molar-refractivity contribution in [1.29, 1.82) is 0 Å². The molecule has 1 aliphatic rings. The molecule has 0 spiro atoms. The van der Waals surface area contributed by atoms with Crippen LogP contribution < -0.4 is 4.74 Å². The lowest BCUT2D eigenvalue weighted by Crippen LogP contribution is -2.33. The summed E-state index contributed by atoms with van der Waals surface area (Å²) in [6, 6.07) is 26.0. The van der Waals surface area contributed by atoms with Gasteiger partial charge in [0.1, 0.15) is 12.4 Å². The maximum Gasteiger partial charge on any atom is 0.290 e. The van der Waals surface area contributed by atoms with E-state index in [1.165, 1.54) is 6.08 Å². The number of aliphatic hydroxyl groups is 1. The SMILES string of the molecule is CN(C)CCCN1C(=O)C(O)=C(C(=O)/C=C/c2ccccc2)C1c1cccc(OCc2ccccc2)c1. The van der Waals surface area contributed by atoms with Crippen LogP contribution in [0.15, 0.2) is 102 Å². The van der Waals surface area contributed by atoms with Crippen LogP contribution in [-0.4, -0.2) is 53.8 Å². The molecule has 0 radical (unpaired) electrons. The third-order valence-corrected chi connectivity index (χ3v) is 6.22. The molecule has 3 aromatic carbocycles. The van der Waals surface area contributed by atoms with E-state index in [2.05, 4.69) is 0 Å². The topological polar surface area (TPSA) is 70.1 Å². The molecule has 6 nitrogen and oxygen atoms in total. The first-order chi connectivity index (χ1) is 17.9. The number of hydrogen-bond donors (Lipinski definition) is 1. The monoisotopic (exact) mass is 496 g/mol. The van der Waals surface area contributed by atoms with E-state index in [1.54, 1.807) is 11.0 Å². The Bertz CT molecular complexity index is 1280. The third-order valence-electron chi connectivity index (χ3n) is 6.22. The van der Waals surface area contributed by atoms with Crippen molar-refractivity contribution in [2.24, 2.45) is 0 Å². The van der Waals surface area contributed by atoms with Gasteiger partial charge in [-0.15, -0.1) is 0 Å². The van der Waals surface area contributed by atoms with E-state index in [-0.39, 0.29) is 5.57 Å². The average molecular weight is 497 g/mol. The maximum absolute atomic E-state index is 13.4. The van der Waals surface area contributed by atoms with Crippen LogP contribution in [0.5, 0.6) is 5.75 Å². The number of carbonyl (C=O) groups is 2. The number of aliphatic hydroxyl groups excluding tert-OH is 1. The minimum absolute atomic E-state index is 0.0854. The largest absolute Gasteiger partial charge is 0.503 e. The Labute approximate surface area is 218 Å². The normalized spacial score (nSPS) is 15.7. The molecule has 1 amide bonds. The van der Waals surface area contributed by atoms with Crippen LogP contribution in [0.1, 0.15) is 29.2 Å². The molecule has 1 N–H and O–H groups in total. The zero-order valence-corrected chi connectivity index (χ0v) is 21.2. The van der Waals surface area contributed by atoms with Gasteiger partial charge in [0.15, 0.2) is 11.5 Å². The number of hydrogen-bond acceptors (Lipinski definition) is 5. The molecule has 1 atom stereocenters. The molecule has 3 aromatic rings. The van der Waals surface area contributed by atoms with E-state index in [1.807, 2.05) is 104 Å². The van der Waals surface area contributed by atoms with Gasteiger partial charge in [-0.25, -0.2) is 0 Å². The molecule has 0 bridgehead atoms. The predicted octanol–water partition coefficient (Wildman–Crippen LogP) is 5.20. The third kappa shape index (κ3) is 6.54. The summed E-state index contributed by atoms with van der Waals surface area (Å²) in [6.07, 6.45) is 3.81. The highest BCUT2D eigenvalue weighted by Crippen LogP contribution is 2.39. The van der Waals surface area contributed by atoms with Gasteiger partial charge in [-0.3, -0.25) is 9.59 Å². The highest BCUT2D eigenvalue weighted by molar-refractivity contribution is 6.14. The molecule has 0 fully saturated rings. The Morgan fingerprint density at radius 2 is 1.70 bits per heavy atom. The van der Waals surface area contributed by atoms with Crippen molar-refractivity contribution in [1.82, 2.24) is 9.80 Å². The molecule has 0 saturated carbocycles. The summed E-state index contributed by atoms with van der Waals surface area (Å²) in [6.45, 7) is 1.57. The van der Waals surface area contributed by atoms with Crippen LogP contribution in [0.3, 0.4) is 0 Å². The minimum Gasteiger partial charge on any atom is -0.503 e. The van der Waals surface area contributed by atoms with Gasteiger partial charge < -0.3 is 19.6 Å². The van der Waals surface area contributed by atoms with E-state index in [0.29, 0.717) is 30.9 Å². The van der Waals surface area contributed by atoms with Gasteiger partial charge in [-0.05, 0) is 62.0 Å². The minimum atomic E-state index is -0.706. The van der Waals surface area contributed by atoms with Crippen molar-refractivity contribution in [3.8, 4) is 5.75 Å². The second-order valence-electron chi connectivity index (χ2n) is 9.28. The Morgan fingerprint density at radius 3 is 2.41 bits per heavy atom. The first kappa shape index (κ1) is 25.9. The summed E-state index contributed by atoms with van der Waals surface area (Å²) >= 11 is 0. The molecule has 1 heterocycles. The van der Waals surface area contributed by atoms with Crippen molar-refractivity contribution in [3.05, 3.63) is 119 Å². The smallest absolute Gasteiger partial charge is 0.290 e. The molecule has 0 saturated heterocycles. The summed E-state index contributed by atoms with van der Waals surface area (Å²) in [5.41, 5.74) is 2.69. The Balaban J connectivity index is 1.63. The van der Waals surface area contributed by atoms with Crippen LogP contribution in [0.2, 0.25) is 0 Å². The van der Waals surface area contributed by atoms with Crippen molar-refractivity contribution in [2.45, 2.75) is 19.1 Å². The highest BCUT2D eigenvalue weighted by atomic mass is 16.5. The zero-order valence-electron chi connectivity index (χ0n) is 21.2. The van der Waals surface area contributed by atoms with Gasteiger partial charge in [-0.1, -0.05) is 78.9 Å². The molecule has 6 heteroatoms. The van der Waals surface area contributed by atoms with E-state index in [9.17, 15) is 14.7 Å². The van der Waals surface area contributed by atoms with Gasteiger partial charge in [-0.2, -0.15) is 0 Å². The predicted molar refractivity (Wildman–Crippen MR) is 145 cm³/mol. The molecule has 1 unspecified atom stereocenters. The molecule has 190 valence electrons. The van der Waals surface area contributed by atoms with Gasteiger partial charge in [0.2, 0.25) is 0 Å². The number of rotatable bonds is 11. The fraction of sp³-hybridized carbons (Fsp3) is 0.226. The molecule has 1 aliphatic heterocycles. The van der Waals surface area contributed by atoms with E-state index in [4.69, 9.17) is 4.74 Å². The quantitative estimate of drug-likeness (QED) is 0.370. The zero-order chi connectivity index (χ0) is 26.2. The van der Waals surface area contributed by atoms with Crippen molar-refractivity contribution in [2.75, 3.05) is 27.2 Å². The van der Waals surface area contributed by atoms with Crippen LogP contribution in [-0.2, 0) is 16.2 Å². The molecule has 0 aromatic heterocycles. The Hall–Kier alpha value is -4.16. The van der Waals surface area contributed by atoms with Gasteiger partial charge in [0, 0.05) is 6.54 Å². The standard InChI is InChI=1S/C31H32N2O4/c1-32(2)19-10-20-33-29(25-15-9-16-26(21-25)37-22-24-13-7-4-8-14-24)28(30(35)31(33)36)27(34)18-17-23-11-5-3-6-12-23/h3-9,11-18,21,29,35H,10,19-20,22H2,1-2H3/b18-17+. The lowest BCUT2D eigenvalue weighted by molar-refractivity contribution is -0.129. The van der Waals surface area contributed by atoms with E-state index >= 15 is 0 Å². The fourth-order valence-corrected chi connectivity index (χ4v) is 4.38. The van der Waals surface area contributed by atoms with Gasteiger partial charge in [0.05, 0.1) is 11.6 Å². The van der Waals surface area contributed by atoms with E-state index in [0.717, 1.165) is 17.7 Å². The summed E-state index contributed by atoms with van der Waals surface area (Å²) in [4.78, 5) is 30.1. The van der Waals surface area contributed by atoms with Gasteiger partial charge >= 0.3 is 0 Å². The molecular formula is C31H32N2O4.